The lowest BCUT2D eigenvalue weighted by Gasteiger charge is -2.18. The highest BCUT2D eigenvalue weighted by Gasteiger charge is 2.25. The summed E-state index contributed by atoms with van der Waals surface area (Å²) < 4.78 is 2.97. The summed E-state index contributed by atoms with van der Waals surface area (Å²) in [4.78, 5) is 11.0. The molecule has 0 bridgehead atoms. The highest BCUT2D eigenvalue weighted by atomic mass is 32.2. The second-order valence-corrected chi connectivity index (χ2v) is 5.53. The Bertz CT molecular complexity index is 624. The third kappa shape index (κ3) is 4.61. The number of hydrogen-bond acceptors (Lipinski definition) is 5. The topological polar surface area (TPSA) is 89.8 Å². The molecule has 1 atom stereocenters. The fourth-order valence-electron chi connectivity index (χ4n) is 1.96. The molecule has 0 radical (unpaired) electrons. The van der Waals surface area contributed by atoms with Crippen LogP contribution in [0.5, 0.6) is 0 Å². The summed E-state index contributed by atoms with van der Waals surface area (Å²) in [5.74, 6) is -1.17. The molecule has 0 spiro atoms. The first-order valence-electron chi connectivity index (χ1n) is 6.68. The Morgan fingerprint density at radius 3 is 2.50 bits per heavy atom. The molecule has 1 unspecified atom stereocenters. The highest BCUT2D eigenvalue weighted by molar-refractivity contribution is 7.96. The van der Waals surface area contributed by atoms with Crippen LogP contribution in [0.2, 0.25) is 0 Å². The number of benzene rings is 2. The summed E-state index contributed by atoms with van der Waals surface area (Å²) in [6, 6.07) is 15.9. The molecule has 0 amide bonds. The van der Waals surface area contributed by atoms with Gasteiger partial charge in [-0.3, -0.25) is 4.72 Å². The molecule has 0 aliphatic heterocycles. The van der Waals surface area contributed by atoms with E-state index in [4.69, 9.17) is 5.11 Å². The summed E-state index contributed by atoms with van der Waals surface area (Å²) in [5.41, 5.74) is 1.72. The van der Waals surface area contributed by atoms with Crippen molar-refractivity contribution in [1.82, 2.24) is 4.72 Å². The van der Waals surface area contributed by atoms with E-state index < -0.39 is 19.0 Å². The Morgan fingerprint density at radius 2 is 1.86 bits per heavy atom. The Balaban J connectivity index is 2.04. The monoisotopic (exact) mass is 317 g/mol. The van der Waals surface area contributed by atoms with E-state index in [2.05, 4.69) is 4.72 Å². The molecule has 114 valence electrons. The van der Waals surface area contributed by atoms with Gasteiger partial charge in [-0.25, -0.2) is 4.79 Å². The van der Waals surface area contributed by atoms with Gasteiger partial charge in [0.15, 0.2) is 0 Å². The van der Waals surface area contributed by atoms with Crippen LogP contribution in [0.25, 0.3) is 0 Å². The van der Waals surface area contributed by atoms with E-state index in [1.165, 1.54) is 24.1 Å². The largest absolute Gasteiger partial charge is 0.478 e. The standard InChI is InChI=1S/C15H16BNO4S/c18-15(19)13-8-4-7-12(9-13)14(16(20)21)17-22-10-11-5-2-1-3-6-11/h1-9,14,17,20-21H,10H2,(H,18,19). The molecular formula is C15H16BNO4S. The van der Waals surface area contributed by atoms with Crippen LogP contribution in [-0.4, -0.2) is 28.2 Å². The van der Waals surface area contributed by atoms with Gasteiger partial charge in [-0.1, -0.05) is 54.4 Å². The van der Waals surface area contributed by atoms with E-state index in [0.29, 0.717) is 11.3 Å². The molecule has 2 aromatic carbocycles. The van der Waals surface area contributed by atoms with Crippen LogP contribution in [0, 0.1) is 0 Å². The predicted octanol–water partition coefficient (Wildman–Crippen LogP) is 1.88. The van der Waals surface area contributed by atoms with Gasteiger partial charge in [-0.15, -0.1) is 0 Å². The van der Waals surface area contributed by atoms with Gasteiger partial charge in [0.05, 0.1) is 11.5 Å². The lowest BCUT2D eigenvalue weighted by molar-refractivity contribution is 0.0696. The summed E-state index contributed by atoms with van der Waals surface area (Å²) >= 11 is 1.33. The molecule has 4 N–H and O–H groups in total. The van der Waals surface area contributed by atoms with Crippen molar-refractivity contribution in [2.75, 3.05) is 0 Å². The number of carboxylic acids is 1. The minimum Gasteiger partial charge on any atom is -0.478 e. The van der Waals surface area contributed by atoms with Gasteiger partial charge in [-0.2, -0.15) is 0 Å². The van der Waals surface area contributed by atoms with E-state index in [-0.39, 0.29) is 5.56 Å². The van der Waals surface area contributed by atoms with E-state index in [0.717, 1.165) is 5.56 Å². The lowest BCUT2D eigenvalue weighted by Crippen LogP contribution is -2.32. The minimum atomic E-state index is -1.63. The molecular weight excluding hydrogens is 301 g/mol. The van der Waals surface area contributed by atoms with Crippen molar-refractivity contribution in [2.24, 2.45) is 0 Å². The second-order valence-electron chi connectivity index (χ2n) is 4.71. The number of hydrogen-bond donors (Lipinski definition) is 4. The first-order valence-corrected chi connectivity index (χ1v) is 7.67. The van der Waals surface area contributed by atoms with Gasteiger partial charge >= 0.3 is 13.1 Å². The molecule has 7 heteroatoms. The quantitative estimate of drug-likeness (QED) is 0.460. The Labute approximate surface area is 133 Å². The number of carbonyl (C=O) groups is 1. The van der Waals surface area contributed by atoms with Crippen LogP contribution in [0.3, 0.4) is 0 Å². The normalized spacial score (nSPS) is 11.9. The zero-order valence-corrected chi connectivity index (χ0v) is 12.5. The fraction of sp³-hybridized carbons (Fsp3) is 0.133. The van der Waals surface area contributed by atoms with Crippen LogP contribution < -0.4 is 4.72 Å². The number of aromatic carboxylic acids is 1. The summed E-state index contributed by atoms with van der Waals surface area (Å²) in [5, 5.41) is 28.1. The van der Waals surface area contributed by atoms with Crippen LogP contribution in [-0.2, 0) is 5.75 Å². The smallest absolute Gasteiger partial charge is 0.475 e. The van der Waals surface area contributed by atoms with Crippen molar-refractivity contribution in [3.8, 4) is 0 Å². The first-order chi connectivity index (χ1) is 10.6. The van der Waals surface area contributed by atoms with Crippen molar-refractivity contribution in [2.45, 2.75) is 11.7 Å². The van der Waals surface area contributed by atoms with E-state index >= 15 is 0 Å². The van der Waals surface area contributed by atoms with Crippen LogP contribution in [0.4, 0.5) is 0 Å². The Kier molecular flexibility index (Phi) is 6.03. The maximum absolute atomic E-state index is 11.0. The van der Waals surface area contributed by atoms with Gasteiger partial charge in [0.2, 0.25) is 0 Å². The highest BCUT2D eigenvalue weighted by Crippen LogP contribution is 2.20. The zero-order chi connectivity index (χ0) is 15.9. The van der Waals surface area contributed by atoms with Gasteiger partial charge < -0.3 is 15.2 Å². The van der Waals surface area contributed by atoms with E-state index in [9.17, 15) is 14.8 Å². The minimum absolute atomic E-state index is 0.109. The summed E-state index contributed by atoms with van der Waals surface area (Å²) in [6.07, 6.45) is 0. The molecule has 5 nitrogen and oxygen atoms in total. The number of carboxylic acid groups (broad SMARTS) is 1. The van der Waals surface area contributed by atoms with Crippen molar-refractivity contribution in [1.29, 1.82) is 0 Å². The molecule has 0 saturated heterocycles. The summed E-state index contributed by atoms with van der Waals surface area (Å²) in [7, 11) is -1.63. The average Bonchev–Trinajstić information content (AvgIpc) is 2.52. The van der Waals surface area contributed by atoms with E-state index in [1.807, 2.05) is 30.3 Å². The predicted molar refractivity (Wildman–Crippen MR) is 87.2 cm³/mol. The van der Waals surface area contributed by atoms with Gasteiger partial charge in [-0.05, 0) is 23.3 Å². The zero-order valence-electron chi connectivity index (χ0n) is 11.7. The number of rotatable bonds is 7. The van der Waals surface area contributed by atoms with E-state index in [1.54, 1.807) is 12.1 Å². The van der Waals surface area contributed by atoms with Crippen LogP contribution in [0.15, 0.2) is 54.6 Å². The third-order valence-corrected chi connectivity index (χ3v) is 3.98. The molecule has 0 saturated carbocycles. The number of nitrogens with one attached hydrogen (secondary N) is 1. The first kappa shape index (κ1) is 16.6. The molecule has 2 rings (SSSR count). The third-order valence-electron chi connectivity index (χ3n) is 3.08. The fourth-order valence-corrected chi connectivity index (χ4v) is 2.84. The maximum Gasteiger partial charge on any atom is 0.475 e. The second kappa shape index (κ2) is 8.00. The van der Waals surface area contributed by atoms with Crippen molar-refractivity contribution < 1.29 is 19.9 Å². The van der Waals surface area contributed by atoms with Gasteiger partial charge in [0.1, 0.15) is 0 Å². The van der Waals surface area contributed by atoms with Crippen LogP contribution >= 0.6 is 11.9 Å². The molecule has 0 aliphatic rings. The van der Waals surface area contributed by atoms with Gasteiger partial charge in [0, 0.05) is 5.75 Å². The van der Waals surface area contributed by atoms with Crippen molar-refractivity contribution in [3.63, 3.8) is 0 Å². The summed E-state index contributed by atoms with van der Waals surface area (Å²) in [6.45, 7) is 0. The van der Waals surface area contributed by atoms with Crippen LogP contribution in [0.1, 0.15) is 27.4 Å². The molecule has 0 fully saturated rings. The molecule has 22 heavy (non-hydrogen) atoms. The average molecular weight is 317 g/mol. The lowest BCUT2D eigenvalue weighted by atomic mass is 9.75. The Hall–Kier alpha value is -1.80. The Morgan fingerprint density at radius 1 is 1.14 bits per heavy atom. The molecule has 0 aromatic heterocycles. The van der Waals surface area contributed by atoms with Crippen molar-refractivity contribution in [3.05, 3.63) is 71.3 Å². The van der Waals surface area contributed by atoms with Crippen molar-refractivity contribution >= 4 is 25.0 Å². The molecule has 2 aromatic rings. The maximum atomic E-state index is 11.0. The molecule has 0 heterocycles. The van der Waals surface area contributed by atoms with Gasteiger partial charge in [0.25, 0.3) is 0 Å². The molecule has 0 aliphatic carbocycles. The SMILES string of the molecule is O=C(O)c1cccc(C(NSCc2ccccc2)B(O)O)c1.